The Bertz CT molecular complexity index is 2900. The first-order chi connectivity index (χ1) is 34.5. The van der Waals surface area contributed by atoms with Crippen molar-refractivity contribution in [1.29, 1.82) is 0 Å². The number of nitrogens with one attached hydrogen (secondary N) is 1. The van der Waals surface area contributed by atoms with Crippen LogP contribution in [0.2, 0.25) is 0 Å². The van der Waals surface area contributed by atoms with Gasteiger partial charge in [0.25, 0.3) is 0 Å². The average molecular weight is 956 g/mol. The number of esters is 4. The number of ether oxygens (including phenoxy) is 8. The Morgan fingerprint density at radius 2 is 1.03 bits per heavy atom. The molecule has 71 heavy (non-hydrogen) atoms. The summed E-state index contributed by atoms with van der Waals surface area (Å²) in [4.78, 5) is 69.6. The van der Waals surface area contributed by atoms with Gasteiger partial charge in [-0.05, 0) is 90.3 Å². The van der Waals surface area contributed by atoms with Crippen molar-refractivity contribution in [3.8, 4) is 11.5 Å². The lowest BCUT2D eigenvalue weighted by Crippen LogP contribution is -2.69. The van der Waals surface area contributed by atoms with Gasteiger partial charge in [-0.25, -0.2) is 24.0 Å². The lowest BCUT2D eigenvalue weighted by molar-refractivity contribution is -0.310. The van der Waals surface area contributed by atoms with Gasteiger partial charge in [0, 0.05) is 18.2 Å². The minimum atomic E-state index is -1.91. The summed E-state index contributed by atoms with van der Waals surface area (Å²) >= 11 is 0. The molecule has 1 saturated heterocycles. The molecule has 7 aromatic rings. The van der Waals surface area contributed by atoms with Crippen LogP contribution < -0.4 is 14.8 Å². The Balaban J connectivity index is 1.23. The van der Waals surface area contributed by atoms with Gasteiger partial charge >= 0.3 is 30.0 Å². The Kier molecular flexibility index (Phi) is 15.8. The van der Waals surface area contributed by atoms with Crippen LogP contribution in [0.25, 0.3) is 0 Å². The SMILES string of the molecule is COc1ccc(Cc2ccc(NC(=O)OCc3ccccc3)cc2O[C@@H]2O[C@](C)(COC(=O)c3ccccc3)[C@@H](OC(=O)c3ccccc3)[C@H](OC(=O)c3ccccc3)[C@H]2OC(=O)c2ccccc2)cc1. The molecular formula is C57H49NO13. The molecule has 0 bridgehead atoms. The lowest BCUT2D eigenvalue weighted by Gasteiger charge is -2.49. The second-order valence-electron chi connectivity index (χ2n) is 16.6. The zero-order chi connectivity index (χ0) is 49.6. The molecule has 0 saturated carbocycles. The monoisotopic (exact) mass is 955 g/mol. The summed E-state index contributed by atoms with van der Waals surface area (Å²) in [5.41, 5.74) is 1.13. The number of hydrogen-bond donors (Lipinski definition) is 1. The van der Waals surface area contributed by atoms with Gasteiger partial charge in [-0.2, -0.15) is 0 Å². The molecule has 0 unspecified atom stereocenters. The number of carbonyl (C=O) groups excluding carboxylic acids is 5. The Hall–Kier alpha value is -8.75. The van der Waals surface area contributed by atoms with Crippen LogP contribution in [-0.2, 0) is 41.4 Å². The summed E-state index contributed by atoms with van der Waals surface area (Å²) in [6, 6.07) is 53.9. The maximum Gasteiger partial charge on any atom is 0.411 e. The maximum atomic E-state index is 14.3. The van der Waals surface area contributed by atoms with Gasteiger partial charge < -0.3 is 37.9 Å². The highest BCUT2D eigenvalue weighted by Gasteiger charge is 2.60. The molecule has 7 aromatic carbocycles. The average Bonchev–Trinajstić information content (AvgIpc) is 3.41. The van der Waals surface area contributed by atoms with E-state index in [1.807, 2.05) is 54.6 Å². The molecule has 1 fully saturated rings. The third-order valence-corrected chi connectivity index (χ3v) is 11.4. The van der Waals surface area contributed by atoms with Gasteiger partial charge in [-0.3, -0.25) is 5.32 Å². The summed E-state index contributed by atoms with van der Waals surface area (Å²) in [5, 5.41) is 2.75. The summed E-state index contributed by atoms with van der Waals surface area (Å²) in [6.45, 7) is 0.907. The molecule has 0 aliphatic carbocycles. The van der Waals surface area contributed by atoms with Crippen molar-refractivity contribution in [1.82, 2.24) is 0 Å². The molecule has 360 valence electrons. The highest BCUT2D eigenvalue weighted by Crippen LogP contribution is 2.40. The molecule has 14 nitrogen and oxygen atoms in total. The van der Waals surface area contributed by atoms with E-state index in [2.05, 4.69) is 5.32 Å². The first kappa shape index (κ1) is 48.7. The zero-order valence-corrected chi connectivity index (χ0v) is 38.7. The predicted molar refractivity (Wildman–Crippen MR) is 260 cm³/mol. The second kappa shape index (κ2) is 23.0. The van der Waals surface area contributed by atoms with Crippen LogP contribution in [0, 0.1) is 0 Å². The number of methoxy groups -OCH3 is 1. The largest absolute Gasteiger partial charge is 0.497 e. The molecule has 5 atom stereocenters. The predicted octanol–water partition coefficient (Wildman–Crippen LogP) is 10.1. The first-order valence-corrected chi connectivity index (χ1v) is 22.6. The third-order valence-electron chi connectivity index (χ3n) is 11.4. The van der Waals surface area contributed by atoms with E-state index in [0.717, 1.165) is 11.1 Å². The minimum absolute atomic E-state index is 0.00247. The van der Waals surface area contributed by atoms with Crippen LogP contribution in [0.1, 0.15) is 65.0 Å². The van der Waals surface area contributed by atoms with Gasteiger partial charge in [0.15, 0.2) is 12.2 Å². The molecule has 1 amide bonds. The summed E-state index contributed by atoms with van der Waals surface area (Å²) in [7, 11) is 1.57. The third kappa shape index (κ3) is 12.7. The second-order valence-corrected chi connectivity index (χ2v) is 16.6. The first-order valence-electron chi connectivity index (χ1n) is 22.6. The summed E-state index contributed by atoms with van der Waals surface area (Å²) in [6.07, 6.45) is -7.25. The van der Waals surface area contributed by atoms with E-state index < -0.39 is 66.8 Å². The number of amides is 1. The molecule has 1 N–H and O–H groups in total. The highest BCUT2D eigenvalue weighted by atomic mass is 16.7. The highest BCUT2D eigenvalue weighted by molar-refractivity contribution is 5.92. The molecule has 0 aromatic heterocycles. The van der Waals surface area contributed by atoms with Gasteiger partial charge in [-0.15, -0.1) is 0 Å². The molecule has 14 heteroatoms. The summed E-state index contributed by atoms with van der Waals surface area (Å²) < 4.78 is 49.5. The lowest BCUT2D eigenvalue weighted by atomic mass is 9.87. The zero-order valence-electron chi connectivity index (χ0n) is 38.7. The van der Waals surface area contributed by atoms with Crippen molar-refractivity contribution < 1.29 is 61.9 Å². The van der Waals surface area contributed by atoms with E-state index in [1.54, 1.807) is 110 Å². The fourth-order valence-corrected chi connectivity index (χ4v) is 7.73. The topological polar surface area (TPSA) is 171 Å². The van der Waals surface area contributed by atoms with Crippen LogP contribution in [0.5, 0.6) is 11.5 Å². The molecule has 1 aliphatic heterocycles. The van der Waals surface area contributed by atoms with E-state index >= 15 is 0 Å². The van der Waals surface area contributed by atoms with Crippen molar-refractivity contribution in [3.05, 3.63) is 233 Å². The Morgan fingerprint density at radius 3 is 1.56 bits per heavy atom. The van der Waals surface area contributed by atoms with Crippen molar-refractivity contribution >= 4 is 35.7 Å². The van der Waals surface area contributed by atoms with Crippen molar-refractivity contribution in [2.75, 3.05) is 19.0 Å². The van der Waals surface area contributed by atoms with Crippen LogP contribution in [0.3, 0.4) is 0 Å². The molecule has 1 aliphatic rings. The van der Waals surface area contributed by atoms with Gasteiger partial charge in [-0.1, -0.05) is 121 Å². The van der Waals surface area contributed by atoms with Gasteiger partial charge in [0.05, 0.1) is 29.4 Å². The van der Waals surface area contributed by atoms with E-state index in [-0.39, 0.29) is 46.7 Å². The van der Waals surface area contributed by atoms with Crippen LogP contribution >= 0.6 is 0 Å². The van der Waals surface area contributed by atoms with Crippen LogP contribution in [-0.4, -0.2) is 73.9 Å². The van der Waals surface area contributed by atoms with E-state index in [4.69, 9.17) is 37.9 Å². The normalized spacial score (nSPS) is 18.2. The molecule has 0 spiro atoms. The number of hydrogen-bond acceptors (Lipinski definition) is 13. The van der Waals surface area contributed by atoms with Gasteiger partial charge in [0.1, 0.15) is 30.3 Å². The van der Waals surface area contributed by atoms with Crippen molar-refractivity contribution in [3.63, 3.8) is 0 Å². The smallest absolute Gasteiger partial charge is 0.411 e. The van der Waals surface area contributed by atoms with Crippen LogP contribution in [0.15, 0.2) is 194 Å². The standard InChI is InChI=1S/C57H49NO13/c1-57(37-66-51(59)40-20-10-4-11-21-40)50(70-54(62)43-26-16-7-17-27-43)48(68-52(60)41-22-12-5-13-23-41)49(69-53(61)42-24-14-6-15-25-42)55(71-57)67-47-35-45(58-56(63)65-36-39-18-8-3-9-19-39)31-30-44(47)34-38-28-32-46(64-2)33-29-38/h3-33,35,48-50,55H,34,36-37H2,1-2H3,(H,58,63)/t48-,49-,50+,55-,57-/m1/s1. The number of anilines is 1. The minimum Gasteiger partial charge on any atom is -0.497 e. The van der Waals surface area contributed by atoms with E-state index in [9.17, 15) is 24.0 Å². The quantitative estimate of drug-likeness (QED) is 0.0676. The fraction of sp³-hybridized carbons (Fsp3) is 0.175. The molecule has 8 rings (SSSR count). The van der Waals surface area contributed by atoms with Crippen molar-refractivity contribution in [2.24, 2.45) is 0 Å². The molecule has 0 radical (unpaired) electrons. The number of benzene rings is 7. The number of rotatable bonds is 17. The van der Waals surface area contributed by atoms with E-state index in [0.29, 0.717) is 11.3 Å². The Labute approximate surface area is 410 Å². The van der Waals surface area contributed by atoms with E-state index in [1.165, 1.54) is 43.3 Å². The van der Waals surface area contributed by atoms with Crippen molar-refractivity contribution in [2.45, 2.75) is 50.2 Å². The fourth-order valence-electron chi connectivity index (χ4n) is 7.73. The van der Waals surface area contributed by atoms with Crippen LogP contribution in [0.4, 0.5) is 10.5 Å². The Morgan fingerprint density at radius 1 is 0.535 bits per heavy atom. The molecular weight excluding hydrogens is 907 g/mol. The molecule has 1 heterocycles. The maximum absolute atomic E-state index is 14.3. The number of carbonyl (C=O) groups is 5. The summed E-state index contributed by atoms with van der Waals surface area (Å²) in [5.74, 6) is -2.56. The van der Waals surface area contributed by atoms with Gasteiger partial charge in [0.2, 0.25) is 12.4 Å².